The lowest BCUT2D eigenvalue weighted by molar-refractivity contribution is 0.598. The van der Waals surface area contributed by atoms with Crippen LogP contribution >= 0.6 is 0 Å². The quantitative estimate of drug-likeness (QED) is 0.761. The maximum absolute atomic E-state index is 12.4. The summed E-state index contributed by atoms with van der Waals surface area (Å²) >= 11 is 0. The van der Waals surface area contributed by atoms with Gasteiger partial charge in [-0.25, -0.2) is 18.5 Å². The highest BCUT2D eigenvalue weighted by Crippen LogP contribution is 2.21. The van der Waals surface area contributed by atoms with Crippen LogP contribution in [-0.2, 0) is 10.0 Å². The molecule has 3 rings (SSSR count). The molecule has 0 unspecified atom stereocenters. The molecule has 24 heavy (non-hydrogen) atoms. The Morgan fingerprint density at radius 1 is 1.08 bits per heavy atom. The van der Waals surface area contributed by atoms with Crippen LogP contribution in [0.25, 0.3) is 22.3 Å². The van der Waals surface area contributed by atoms with Crippen LogP contribution in [0.4, 0.5) is 0 Å². The minimum absolute atomic E-state index is 0.0101. The molecule has 6 nitrogen and oxygen atoms in total. The molecule has 3 aromatic rings. The zero-order valence-electron chi connectivity index (χ0n) is 13.3. The molecule has 0 radical (unpaired) electrons. The average molecular weight is 343 g/mol. The van der Waals surface area contributed by atoms with Crippen LogP contribution in [0.2, 0.25) is 0 Å². The Hall–Kier alpha value is -2.51. The van der Waals surface area contributed by atoms with Crippen molar-refractivity contribution >= 4 is 20.9 Å². The normalized spacial score (nSPS) is 12.0. The molecule has 0 atom stereocenters. The fourth-order valence-electron chi connectivity index (χ4n) is 2.45. The third-order valence-electron chi connectivity index (χ3n) is 3.85. The molecule has 1 heterocycles. The lowest BCUT2D eigenvalue weighted by Crippen LogP contribution is -2.12. The summed E-state index contributed by atoms with van der Waals surface area (Å²) in [5, 5.41) is 5.61. The topological polar surface area (TPSA) is 106 Å². The lowest BCUT2D eigenvalue weighted by Gasteiger charge is -2.08. The Balaban J connectivity index is 2.11. The van der Waals surface area contributed by atoms with Crippen molar-refractivity contribution in [2.24, 2.45) is 5.14 Å². The molecule has 0 aliphatic heterocycles. The van der Waals surface area contributed by atoms with E-state index in [1.54, 1.807) is 12.1 Å². The highest BCUT2D eigenvalue weighted by Gasteiger charge is 2.11. The van der Waals surface area contributed by atoms with Gasteiger partial charge in [-0.1, -0.05) is 19.9 Å². The summed E-state index contributed by atoms with van der Waals surface area (Å²) in [6.07, 6.45) is 0. The zero-order chi connectivity index (χ0) is 17.5. The van der Waals surface area contributed by atoms with Gasteiger partial charge in [0, 0.05) is 5.56 Å². The Kier molecular flexibility index (Phi) is 3.98. The van der Waals surface area contributed by atoms with E-state index in [0.717, 1.165) is 5.56 Å². The predicted molar refractivity (Wildman–Crippen MR) is 93.3 cm³/mol. The van der Waals surface area contributed by atoms with Gasteiger partial charge in [0.25, 0.3) is 5.56 Å². The van der Waals surface area contributed by atoms with Crippen LogP contribution in [0.1, 0.15) is 25.3 Å². The second-order valence-corrected chi connectivity index (χ2v) is 7.48. The third-order valence-corrected chi connectivity index (χ3v) is 4.78. The largest absolute Gasteiger partial charge is 0.306 e. The summed E-state index contributed by atoms with van der Waals surface area (Å²) in [4.78, 5) is 19.6. The number of fused-ring (bicyclic) bond motifs is 1. The van der Waals surface area contributed by atoms with Crippen LogP contribution in [0.3, 0.4) is 0 Å². The van der Waals surface area contributed by atoms with Crippen LogP contribution in [-0.4, -0.2) is 18.4 Å². The summed E-state index contributed by atoms with van der Waals surface area (Å²) in [6, 6.07) is 11.5. The first-order chi connectivity index (χ1) is 11.3. The maximum atomic E-state index is 12.4. The fraction of sp³-hybridized carbons (Fsp3) is 0.176. The smallest absolute Gasteiger partial charge is 0.259 e. The van der Waals surface area contributed by atoms with Gasteiger partial charge in [-0.3, -0.25) is 4.79 Å². The Bertz CT molecular complexity index is 1070. The third kappa shape index (κ3) is 3.08. The Morgan fingerprint density at radius 3 is 2.33 bits per heavy atom. The molecule has 1 aromatic heterocycles. The standard InChI is InChI=1S/C17H17N3O3S/c1-10(2)12-5-8-15-14(9-12)17(21)20-16(19-15)11-3-6-13(7-4-11)24(18,22)23/h3-10H,1-2H3,(H2,18,22,23)(H,19,20,21). The van der Waals surface area contributed by atoms with Gasteiger partial charge in [-0.2, -0.15) is 0 Å². The fourth-order valence-corrected chi connectivity index (χ4v) is 2.97. The van der Waals surface area contributed by atoms with Crippen LogP contribution in [0.5, 0.6) is 0 Å². The highest BCUT2D eigenvalue weighted by atomic mass is 32.2. The van der Waals surface area contributed by atoms with Crippen LogP contribution < -0.4 is 10.7 Å². The molecule has 0 spiro atoms. The van der Waals surface area contributed by atoms with E-state index in [-0.39, 0.29) is 10.5 Å². The monoisotopic (exact) mass is 343 g/mol. The first kappa shape index (κ1) is 16.4. The molecule has 0 amide bonds. The number of benzene rings is 2. The summed E-state index contributed by atoms with van der Waals surface area (Å²) in [5.74, 6) is 0.699. The number of sulfonamides is 1. The first-order valence-corrected chi connectivity index (χ1v) is 8.97. The van der Waals surface area contributed by atoms with E-state index in [0.29, 0.717) is 28.2 Å². The van der Waals surface area contributed by atoms with Crippen molar-refractivity contribution in [3.8, 4) is 11.4 Å². The molecule has 3 N–H and O–H groups in total. The molecular formula is C17H17N3O3S. The number of aromatic nitrogens is 2. The number of nitrogens with two attached hydrogens (primary N) is 1. The number of nitrogens with zero attached hydrogens (tertiary/aromatic N) is 1. The predicted octanol–water partition coefficient (Wildman–Crippen LogP) is 2.36. The SMILES string of the molecule is CC(C)c1ccc2nc(-c3ccc(S(N)(=O)=O)cc3)[nH]c(=O)c2c1. The van der Waals surface area contributed by atoms with Gasteiger partial charge in [0.15, 0.2) is 0 Å². The number of rotatable bonds is 3. The first-order valence-electron chi connectivity index (χ1n) is 7.43. The summed E-state index contributed by atoms with van der Waals surface area (Å²) in [7, 11) is -3.75. The lowest BCUT2D eigenvalue weighted by atomic mass is 10.0. The summed E-state index contributed by atoms with van der Waals surface area (Å²) in [6.45, 7) is 4.12. The van der Waals surface area contributed by atoms with Crippen molar-refractivity contribution in [2.45, 2.75) is 24.7 Å². The van der Waals surface area contributed by atoms with E-state index in [1.807, 2.05) is 18.2 Å². The van der Waals surface area contributed by atoms with Crippen molar-refractivity contribution in [3.05, 3.63) is 58.4 Å². The molecule has 0 fully saturated rings. The second-order valence-electron chi connectivity index (χ2n) is 5.92. The van der Waals surface area contributed by atoms with Crippen molar-refractivity contribution in [1.82, 2.24) is 9.97 Å². The molecular weight excluding hydrogens is 326 g/mol. The van der Waals surface area contributed by atoms with E-state index in [9.17, 15) is 13.2 Å². The molecule has 0 saturated heterocycles. The van der Waals surface area contributed by atoms with E-state index in [4.69, 9.17) is 5.14 Å². The summed E-state index contributed by atoms with van der Waals surface area (Å²) < 4.78 is 22.6. The van der Waals surface area contributed by atoms with E-state index in [2.05, 4.69) is 23.8 Å². The minimum atomic E-state index is -3.75. The molecule has 0 aliphatic rings. The van der Waals surface area contributed by atoms with Gasteiger partial charge in [-0.05, 0) is 47.9 Å². The molecule has 7 heteroatoms. The van der Waals surface area contributed by atoms with Crippen molar-refractivity contribution in [1.29, 1.82) is 0 Å². The Morgan fingerprint density at radius 2 is 1.75 bits per heavy atom. The van der Waals surface area contributed by atoms with Crippen LogP contribution in [0, 0.1) is 0 Å². The molecule has 0 aliphatic carbocycles. The minimum Gasteiger partial charge on any atom is -0.306 e. The molecule has 0 bridgehead atoms. The molecule has 2 aromatic carbocycles. The number of hydrogen-bond acceptors (Lipinski definition) is 4. The van der Waals surface area contributed by atoms with Gasteiger partial charge in [0.05, 0.1) is 15.8 Å². The van der Waals surface area contributed by atoms with Crippen LogP contribution in [0.15, 0.2) is 52.2 Å². The van der Waals surface area contributed by atoms with Gasteiger partial charge in [-0.15, -0.1) is 0 Å². The van der Waals surface area contributed by atoms with Crippen molar-refractivity contribution in [2.75, 3.05) is 0 Å². The zero-order valence-corrected chi connectivity index (χ0v) is 14.1. The van der Waals surface area contributed by atoms with Gasteiger partial charge < -0.3 is 4.98 Å². The number of aromatic amines is 1. The maximum Gasteiger partial charge on any atom is 0.259 e. The highest BCUT2D eigenvalue weighted by molar-refractivity contribution is 7.89. The number of hydrogen-bond donors (Lipinski definition) is 2. The molecule has 124 valence electrons. The Labute approximate surface area is 139 Å². The average Bonchev–Trinajstić information content (AvgIpc) is 2.53. The number of nitrogens with one attached hydrogen (secondary N) is 1. The molecule has 0 saturated carbocycles. The van der Waals surface area contributed by atoms with E-state index >= 15 is 0 Å². The van der Waals surface area contributed by atoms with Gasteiger partial charge in [0.2, 0.25) is 10.0 Å². The van der Waals surface area contributed by atoms with Gasteiger partial charge in [0.1, 0.15) is 5.82 Å². The number of H-pyrrole nitrogens is 1. The van der Waals surface area contributed by atoms with E-state index < -0.39 is 10.0 Å². The van der Waals surface area contributed by atoms with Crippen molar-refractivity contribution < 1.29 is 8.42 Å². The van der Waals surface area contributed by atoms with Gasteiger partial charge >= 0.3 is 0 Å². The second kappa shape index (κ2) is 5.85. The van der Waals surface area contributed by atoms with Crippen molar-refractivity contribution in [3.63, 3.8) is 0 Å². The number of primary sulfonamides is 1. The summed E-state index contributed by atoms with van der Waals surface area (Å²) in [5.41, 5.74) is 2.04. The van der Waals surface area contributed by atoms with E-state index in [1.165, 1.54) is 12.1 Å².